The molecule has 0 saturated carbocycles. The second-order valence-corrected chi connectivity index (χ2v) is 8.72. The third kappa shape index (κ3) is 4.44. The summed E-state index contributed by atoms with van der Waals surface area (Å²) in [5.74, 6) is 3.19. The summed E-state index contributed by atoms with van der Waals surface area (Å²) in [7, 11) is 0. The lowest BCUT2D eigenvalue weighted by atomic mass is 9.92. The molecule has 1 aliphatic carbocycles. The monoisotopic (exact) mass is 438 g/mol. The maximum absolute atomic E-state index is 6.28. The van der Waals surface area contributed by atoms with Gasteiger partial charge in [0.15, 0.2) is 0 Å². The molecule has 0 atom stereocenters. The Morgan fingerprint density at radius 1 is 1.06 bits per heavy atom. The number of para-hydroxylation sites is 1. The number of aliphatic imine (C=N–C) groups is 1. The predicted molar refractivity (Wildman–Crippen MR) is 135 cm³/mol. The molecule has 2 aliphatic heterocycles. The van der Waals surface area contributed by atoms with Crippen molar-refractivity contribution in [3.8, 4) is 11.5 Å². The Bertz CT molecular complexity index is 1200. The third-order valence-electron chi connectivity index (χ3n) is 6.55. The van der Waals surface area contributed by atoms with Crippen LogP contribution in [0.25, 0.3) is 0 Å². The average molecular weight is 439 g/mol. The Balaban J connectivity index is 1.24. The summed E-state index contributed by atoms with van der Waals surface area (Å²) in [6.07, 6.45) is 6.60. The fraction of sp³-hybridized carbons (Fsp3) is 0.250. The van der Waals surface area contributed by atoms with Crippen LogP contribution >= 0.6 is 0 Å². The van der Waals surface area contributed by atoms with Crippen molar-refractivity contribution in [1.29, 1.82) is 0 Å². The predicted octanol–water partition coefficient (Wildman–Crippen LogP) is 6.12. The van der Waals surface area contributed by atoms with Gasteiger partial charge in [-0.1, -0.05) is 36.9 Å². The number of hydrogen-bond acceptors (Lipinski definition) is 5. The van der Waals surface area contributed by atoms with Crippen LogP contribution < -0.4 is 15.8 Å². The van der Waals surface area contributed by atoms with Crippen LogP contribution in [0, 0.1) is 0 Å². The molecule has 2 aromatic rings. The molecule has 0 fully saturated rings. The molecule has 5 rings (SSSR count). The van der Waals surface area contributed by atoms with E-state index in [1.165, 1.54) is 34.4 Å². The number of benzene rings is 2. The highest BCUT2D eigenvalue weighted by molar-refractivity contribution is 6.05. The van der Waals surface area contributed by atoms with Gasteiger partial charge in [-0.3, -0.25) is 0 Å². The number of ether oxygens (including phenoxy) is 1. The Morgan fingerprint density at radius 2 is 1.88 bits per heavy atom. The standard InChI is InChI=1S/C28H30N4O/c1-19(27-25-12-7-13-26(25)31-28(27)29)21-14-16-32(17-15-21)20(2)30-22-8-6-11-24(18-22)33-23-9-4-3-5-10-23/h3-6,8-11,14,18,30H,2,7,12-13,15-17H2,1H3,(H2,29,31)/b27-19+. The van der Waals surface area contributed by atoms with Gasteiger partial charge in [-0.15, -0.1) is 0 Å². The number of nitrogens with one attached hydrogen (secondary N) is 1. The van der Waals surface area contributed by atoms with E-state index in [1.807, 2.05) is 54.6 Å². The molecule has 0 radical (unpaired) electrons. The third-order valence-corrected chi connectivity index (χ3v) is 6.55. The van der Waals surface area contributed by atoms with E-state index in [4.69, 9.17) is 10.5 Å². The van der Waals surface area contributed by atoms with E-state index in [-0.39, 0.29) is 0 Å². The number of anilines is 1. The minimum atomic E-state index is 0.698. The highest BCUT2D eigenvalue weighted by atomic mass is 16.5. The van der Waals surface area contributed by atoms with E-state index in [2.05, 4.69) is 34.8 Å². The summed E-state index contributed by atoms with van der Waals surface area (Å²) >= 11 is 0. The van der Waals surface area contributed by atoms with Crippen molar-refractivity contribution in [3.05, 3.63) is 101 Å². The summed E-state index contributed by atoms with van der Waals surface area (Å²) in [5.41, 5.74) is 13.7. The highest BCUT2D eigenvalue weighted by Gasteiger charge is 2.28. The van der Waals surface area contributed by atoms with Crippen LogP contribution in [0.15, 0.2) is 106 Å². The Labute approximate surface area is 195 Å². The molecule has 0 aromatic heterocycles. The number of nitrogens with two attached hydrogens (primary N) is 1. The number of nitrogens with zero attached hydrogens (tertiary/aromatic N) is 2. The molecular formula is C28H30N4O. The van der Waals surface area contributed by atoms with E-state index in [0.29, 0.717) is 5.84 Å². The number of hydrogen-bond donors (Lipinski definition) is 2. The van der Waals surface area contributed by atoms with Gasteiger partial charge in [0, 0.05) is 36.1 Å². The zero-order valence-corrected chi connectivity index (χ0v) is 19.1. The molecule has 0 saturated heterocycles. The molecule has 0 bridgehead atoms. The molecule has 0 spiro atoms. The zero-order valence-electron chi connectivity index (χ0n) is 19.1. The van der Waals surface area contributed by atoms with Gasteiger partial charge in [0.25, 0.3) is 0 Å². The molecule has 0 unspecified atom stereocenters. The van der Waals surface area contributed by atoms with E-state index < -0.39 is 0 Å². The van der Waals surface area contributed by atoms with Crippen LogP contribution in [0.2, 0.25) is 0 Å². The smallest absolute Gasteiger partial charge is 0.131 e. The van der Waals surface area contributed by atoms with Gasteiger partial charge in [-0.25, -0.2) is 4.99 Å². The Morgan fingerprint density at radius 3 is 2.67 bits per heavy atom. The van der Waals surface area contributed by atoms with Crippen LogP contribution in [0.5, 0.6) is 11.5 Å². The first-order chi connectivity index (χ1) is 16.1. The Kier molecular flexibility index (Phi) is 5.78. The summed E-state index contributed by atoms with van der Waals surface area (Å²) in [4.78, 5) is 6.88. The van der Waals surface area contributed by atoms with Crippen LogP contribution in [-0.4, -0.2) is 23.8 Å². The second kappa shape index (κ2) is 9.02. The molecule has 5 heteroatoms. The van der Waals surface area contributed by atoms with Crippen LogP contribution in [-0.2, 0) is 0 Å². The molecule has 2 aromatic carbocycles. The largest absolute Gasteiger partial charge is 0.457 e. The van der Waals surface area contributed by atoms with Crippen LogP contribution in [0.3, 0.4) is 0 Å². The van der Waals surface area contributed by atoms with Crippen molar-refractivity contribution in [2.45, 2.75) is 32.6 Å². The molecule has 3 N–H and O–H groups in total. The van der Waals surface area contributed by atoms with Gasteiger partial charge in [-0.2, -0.15) is 0 Å². The van der Waals surface area contributed by atoms with Gasteiger partial charge in [0.05, 0.1) is 5.82 Å². The lowest BCUT2D eigenvalue weighted by molar-refractivity contribution is 0.375. The van der Waals surface area contributed by atoms with Gasteiger partial charge < -0.3 is 20.7 Å². The minimum Gasteiger partial charge on any atom is -0.457 e. The van der Waals surface area contributed by atoms with Crippen LogP contribution in [0.1, 0.15) is 32.6 Å². The lowest BCUT2D eigenvalue weighted by Crippen LogP contribution is -2.31. The number of rotatable bonds is 6. The van der Waals surface area contributed by atoms with Crippen molar-refractivity contribution in [2.75, 3.05) is 18.4 Å². The van der Waals surface area contributed by atoms with E-state index >= 15 is 0 Å². The molecule has 5 nitrogen and oxygen atoms in total. The first kappa shape index (κ1) is 21.1. The summed E-state index contributed by atoms with van der Waals surface area (Å²) in [6.45, 7) is 8.19. The topological polar surface area (TPSA) is 62.9 Å². The molecule has 33 heavy (non-hydrogen) atoms. The first-order valence-electron chi connectivity index (χ1n) is 11.6. The summed E-state index contributed by atoms with van der Waals surface area (Å²) < 4.78 is 5.95. The SMILES string of the molecule is C=C(Nc1cccc(Oc2ccccc2)c1)N1CC=C(/C(C)=C2/C(N)=NC3=C2CCC3)CC1. The van der Waals surface area contributed by atoms with Gasteiger partial charge in [0.1, 0.15) is 17.3 Å². The maximum Gasteiger partial charge on any atom is 0.131 e. The molecule has 0 amide bonds. The minimum absolute atomic E-state index is 0.698. The second-order valence-electron chi connectivity index (χ2n) is 8.72. The van der Waals surface area contributed by atoms with Crippen molar-refractivity contribution in [2.24, 2.45) is 10.7 Å². The lowest BCUT2D eigenvalue weighted by Gasteiger charge is -2.31. The van der Waals surface area contributed by atoms with Crippen molar-refractivity contribution < 1.29 is 4.74 Å². The highest BCUT2D eigenvalue weighted by Crippen LogP contribution is 2.40. The van der Waals surface area contributed by atoms with Crippen molar-refractivity contribution >= 4 is 11.5 Å². The van der Waals surface area contributed by atoms with Crippen molar-refractivity contribution in [1.82, 2.24) is 4.90 Å². The van der Waals surface area contributed by atoms with Crippen molar-refractivity contribution in [3.63, 3.8) is 0 Å². The summed E-state index contributed by atoms with van der Waals surface area (Å²) in [6, 6.07) is 17.8. The van der Waals surface area contributed by atoms with Gasteiger partial charge in [0.2, 0.25) is 0 Å². The first-order valence-corrected chi connectivity index (χ1v) is 11.6. The van der Waals surface area contributed by atoms with Gasteiger partial charge in [-0.05, 0) is 73.6 Å². The number of allylic oxidation sites excluding steroid dienone is 2. The quantitative estimate of drug-likeness (QED) is 0.570. The van der Waals surface area contributed by atoms with E-state index in [9.17, 15) is 0 Å². The van der Waals surface area contributed by atoms with E-state index in [0.717, 1.165) is 55.4 Å². The molecular weight excluding hydrogens is 408 g/mol. The van der Waals surface area contributed by atoms with Gasteiger partial charge >= 0.3 is 0 Å². The average Bonchev–Trinajstić information content (AvgIpc) is 3.40. The zero-order chi connectivity index (χ0) is 22.8. The fourth-order valence-electron chi connectivity index (χ4n) is 4.82. The molecule has 168 valence electrons. The molecule has 3 aliphatic rings. The number of amidine groups is 1. The Hall–Kier alpha value is -3.73. The fourth-order valence-corrected chi connectivity index (χ4v) is 4.82. The summed E-state index contributed by atoms with van der Waals surface area (Å²) in [5, 5.41) is 3.44. The molecule has 2 heterocycles. The van der Waals surface area contributed by atoms with Crippen LogP contribution in [0.4, 0.5) is 5.69 Å². The van der Waals surface area contributed by atoms with E-state index in [1.54, 1.807) is 0 Å². The normalized spacial score (nSPS) is 19.1. The maximum atomic E-state index is 6.28.